The average molecular weight is 729 g/mol. The zero-order valence-corrected chi connectivity index (χ0v) is 32.0. The molecule has 1 amide bonds. The minimum Gasteiger partial charge on any atom is -0.481 e. The SMILES string of the molecule is CC[C@@H](CO[Si](c1ccccc1)(c1ccccc1)C(C)(C)C)N1C(=O)[C@@](C)(C2CC2C(=O)O)CC(c2cccc(Cl)c2)[C@H]1c1ccc(Cl)cc1. The first-order valence-electron chi connectivity index (χ1n) is 17.6. The first kappa shape index (κ1) is 36.4. The largest absolute Gasteiger partial charge is 0.481 e. The second-order valence-electron chi connectivity index (χ2n) is 15.3. The van der Waals surface area contributed by atoms with E-state index in [0.717, 1.165) is 11.1 Å². The van der Waals surface area contributed by atoms with Crippen molar-refractivity contribution >= 4 is 53.8 Å². The maximum absolute atomic E-state index is 15.3. The Hall–Kier alpha value is -3.42. The number of benzene rings is 4. The van der Waals surface area contributed by atoms with E-state index in [2.05, 4.69) is 87.2 Å². The van der Waals surface area contributed by atoms with Crippen molar-refractivity contribution in [3.05, 3.63) is 130 Å². The third-order valence-electron chi connectivity index (χ3n) is 11.2. The van der Waals surface area contributed by atoms with Crippen LogP contribution in [0.25, 0.3) is 0 Å². The van der Waals surface area contributed by atoms with Gasteiger partial charge in [0.15, 0.2) is 0 Å². The Morgan fingerprint density at radius 2 is 1.50 bits per heavy atom. The Kier molecular flexibility index (Phi) is 10.4. The molecule has 1 heterocycles. The van der Waals surface area contributed by atoms with Gasteiger partial charge in [0, 0.05) is 16.0 Å². The molecule has 0 bridgehead atoms. The van der Waals surface area contributed by atoms with Crippen LogP contribution in [0.1, 0.15) is 77.0 Å². The maximum atomic E-state index is 15.3. The number of carboxylic acid groups (broad SMARTS) is 1. The van der Waals surface area contributed by atoms with E-state index in [-0.39, 0.29) is 34.9 Å². The van der Waals surface area contributed by atoms with Crippen molar-refractivity contribution in [1.29, 1.82) is 0 Å². The van der Waals surface area contributed by atoms with Crippen LogP contribution >= 0.6 is 23.2 Å². The fourth-order valence-electron chi connectivity index (χ4n) is 8.61. The number of nitrogens with zero attached hydrogens (tertiary/aromatic N) is 1. The molecule has 0 spiro atoms. The molecule has 4 aromatic carbocycles. The lowest BCUT2D eigenvalue weighted by Crippen LogP contribution is -2.68. The Morgan fingerprint density at radius 1 is 0.900 bits per heavy atom. The standard InChI is InChI=1S/C42H47Cl2NO4Si/c1-6-32(27-49-50(41(2,3)4,33-16-9-7-10-17-33)34-18-11-8-12-19-34)45-38(28-20-22-30(43)23-21-28)36(29-14-13-15-31(44)24-29)26-42(5,40(45)48)37-25-35(37)39(46)47/h7-24,32,35-38H,6,25-27H2,1-5H3,(H,46,47)/t32-,35?,36?,37?,38+,42+/m0/s1. The van der Waals surface area contributed by atoms with Gasteiger partial charge in [0.25, 0.3) is 8.32 Å². The number of carboxylic acids is 1. The third kappa shape index (κ3) is 6.68. The Balaban J connectivity index is 1.50. The topological polar surface area (TPSA) is 66.8 Å². The van der Waals surface area contributed by atoms with Gasteiger partial charge in [-0.1, -0.05) is 143 Å². The fraction of sp³-hybridized carbons (Fsp3) is 0.381. The van der Waals surface area contributed by atoms with Gasteiger partial charge in [-0.05, 0) is 76.0 Å². The van der Waals surface area contributed by atoms with Gasteiger partial charge >= 0.3 is 5.97 Å². The first-order chi connectivity index (χ1) is 23.8. The maximum Gasteiger partial charge on any atom is 0.306 e. The average Bonchev–Trinajstić information content (AvgIpc) is 3.92. The minimum absolute atomic E-state index is 0.0117. The smallest absolute Gasteiger partial charge is 0.306 e. The number of carbonyl (C=O) groups excluding carboxylic acids is 1. The molecule has 3 unspecified atom stereocenters. The monoisotopic (exact) mass is 727 g/mol. The van der Waals surface area contributed by atoms with E-state index >= 15 is 4.79 Å². The van der Waals surface area contributed by atoms with Crippen molar-refractivity contribution in [3.8, 4) is 0 Å². The Morgan fingerprint density at radius 3 is 2.00 bits per heavy atom. The molecule has 8 heteroatoms. The van der Waals surface area contributed by atoms with E-state index in [1.165, 1.54) is 10.4 Å². The molecule has 1 N–H and O–H groups in total. The van der Waals surface area contributed by atoms with Crippen LogP contribution in [0.3, 0.4) is 0 Å². The van der Waals surface area contributed by atoms with Gasteiger partial charge in [0.05, 0.1) is 30.0 Å². The van der Waals surface area contributed by atoms with Crippen molar-refractivity contribution in [2.24, 2.45) is 17.3 Å². The van der Waals surface area contributed by atoms with Crippen molar-refractivity contribution in [2.75, 3.05) is 6.61 Å². The number of hydrogen-bond acceptors (Lipinski definition) is 3. The quantitative estimate of drug-likeness (QED) is 0.157. The first-order valence-corrected chi connectivity index (χ1v) is 20.3. The molecule has 0 aromatic heterocycles. The highest BCUT2D eigenvalue weighted by Gasteiger charge is 2.63. The van der Waals surface area contributed by atoms with Gasteiger partial charge in [-0.3, -0.25) is 9.59 Å². The summed E-state index contributed by atoms with van der Waals surface area (Å²) in [6, 6.07) is 36.1. The zero-order chi connectivity index (χ0) is 35.8. The summed E-state index contributed by atoms with van der Waals surface area (Å²) in [5.74, 6) is -1.78. The Labute approximate surface area is 307 Å². The van der Waals surface area contributed by atoms with E-state index < -0.39 is 25.6 Å². The van der Waals surface area contributed by atoms with Crippen LogP contribution in [0.5, 0.6) is 0 Å². The summed E-state index contributed by atoms with van der Waals surface area (Å²) < 4.78 is 7.50. The molecule has 1 saturated carbocycles. The van der Waals surface area contributed by atoms with Crippen molar-refractivity contribution < 1.29 is 19.1 Å². The molecular formula is C42H47Cl2NO4Si. The highest BCUT2D eigenvalue weighted by Crippen LogP contribution is 2.61. The predicted octanol–water partition coefficient (Wildman–Crippen LogP) is 9.13. The van der Waals surface area contributed by atoms with E-state index in [1.807, 2.05) is 61.5 Å². The highest BCUT2D eigenvalue weighted by molar-refractivity contribution is 6.99. The van der Waals surface area contributed by atoms with Gasteiger partial charge < -0.3 is 14.4 Å². The normalized spacial score (nSPS) is 24.5. The number of piperidine rings is 1. The number of rotatable bonds is 11. The van der Waals surface area contributed by atoms with Gasteiger partial charge in [-0.25, -0.2) is 0 Å². The van der Waals surface area contributed by atoms with Gasteiger partial charge in [0.2, 0.25) is 5.91 Å². The predicted molar refractivity (Wildman–Crippen MR) is 205 cm³/mol. The molecule has 2 fully saturated rings. The lowest BCUT2D eigenvalue weighted by molar-refractivity contribution is -0.158. The second kappa shape index (κ2) is 14.3. The van der Waals surface area contributed by atoms with Crippen molar-refractivity contribution in [3.63, 3.8) is 0 Å². The summed E-state index contributed by atoms with van der Waals surface area (Å²) in [5.41, 5.74) is 1.12. The van der Waals surface area contributed by atoms with Crippen LogP contribution in [0.15, 0.2) is 109 Å². The molecule has 1 saturated heterocycles. The molecule has 2 aliphatic rings. The molecule has 6 atom stereocenters. The third-order valence-corrected chi connectivity index (χ3v) is 16.7. The van der Waals surface area contributed by atoms with Crippen LogP contribution < -0.4 is 10.4 Å². The summed E-state index contributed by atoms with van der Waals surface area (Å²) in [5, 5.41) is 13.4. The minimum atomic E-state index is -2.93. The second-order valence-corrected chi connectivity index (χ2v) is 20.5. The number of hydrogen-bond donors (Lipinski definition) is 1. The van der Waals surface area contributed by atoms with E-state index in [4.69, 9.17) is 27.6 Å². The molecule has 262 valence electrons. The van der Waals surface area contributed by atoms with Crippen molar-refractivity contribution in [1.82, 2.24) is 4.90 Å². The van der Waals surface area contributed by atoms with E-state index in [0.29, 0.717) is 35.9 Å². The molecule has 6 rings (SSSR count). The summed E-state index contributed by atoms with van der Waals surface area (Å²) in [4.78, 5) is 29.6. The summed E-state index contributed by atoms with van der Waals surface area (Å²) in [7, 11) is -2.93. The number of carbonyl (C=O) groups is 2. The van der Waals surface area contributed by atoms with Crippen LogP contribution in [0.2, 0.25) is 15.1 Å². The summed E-state index contributed by atoms with van der Waals surface area (Å²) in [6.07, 6.45) is 1.66. The van der Waals surface area contributed by atoms with E-state index in [9.17, 15) is 9.90 Å². The molecule has 1 aliphatic carbocycles. The van der Waals surface area contributed by atoms with Crippen LogP contribution in [-0.4, -0.2) is 42.8 Å². The zero-order valence-electron chi connectivity index (χ0n) is 29.5. The highest BCUT2D eigenvalue weighted by atomic mass is 35.5. The molecule has 0 radical (unpaired) electrons. The van der Waals surface area contributed by atoms with Gasteiger partial charge in [0.1, 0.15) is 0 Å². The molecule has 5 nitrogen and oxygen atoms in total. The molecular weight excluding hydrogens is 681 g/mol. The molecule has 1 aliphatic heterocycles. The Bertz CT molecular complexity index is 1770. The number of amides is 1. The fourth-order valence-corrected chi connectivity index (χ4v) is 13.5. The van der Waals surface area contributed by atoms with Gasteiger partial charge in [-0.15, -0.1) is 0 Å². The lowest BCUT2D eigenvalue weighted by atomic mass is 9.65. The number of aliphatic carboxylic acids is 1. The molecule has 4 aromatic rings. The summed E-state index contributed by atoms with van der Waals surface area (Å²) >= 11 is 13.0. The van der Waals surface area contributed by atoms with Crippen LogP contribution in [0, 0.1) is 17.3 Å². The summed E-state index contributed by atoms with van der Waals surface area (Å²) in [6.45, 7) is 11.2. The number of likely N-dealkylation sites (tertiary alicyclic amines) is 1. The van der Waals surface area contributed by atoms with Crippen LogP contribution in [0.4, 0.5) is 0 Å². The van der Waals surface area contributed by atoms with Crippen molar-refractivity contribution in [2.45, 2.75) is 76.9 Å². The van der Waals surface area contributed by atoms with E-state index in [1.54, 1.807) is 0 Å². The molecule has 50 heavy (non-hydrogen) atoms. The lowest BCUT2D eigenvalue weighted by Gasteiger charge is -2.53. The van der Waals surface area contributed by atoms with Gasteiger partial charge in [-0.2, -0.15) is 0 Å². The van der Waals surface area contributed by atoms with Crippen LogP contribution in [-0.2, 0) is 14.0 Å². The number of halogens is 2.